The summed E-state index contributed by atoms with van der Waals surface area (Å²) in [6.07, 6.45) is 3.89. The molecule has 0 aromatic rings. The first-order chi connectivity index (χ1) is 5.25. The molecule has 0 N–H and O–H groups in total. The molecule has 1 nitrogen and oxygen atoms in total. The normalized spacial score (nSPS) is 23.8. The number of aldehydes is 1. The van der Waals surface area contributed by atoms with Crippen LogP contribution in [-0.4, -0.2) is 12.5 Å². The fraction of sp³-hybridized carbons (Fsp3) is 0.889. The van der Waals surface area contributed by atoms with E-state index in [1.54, 1.807) is 6.92 Å². The number of carbonyl (C=O) groups excluding carboxylic acids is 1. The van der Waals surface area contributed by atoms with Crippen molar-refractivity contribution in [1.82, 2.24) is 0 Å². The molecule has 0 aromatic carbocycles. The molecule has 2 atom stereocenters. The minimum absolute atomic E-state index is 0.00116. The van der Waals surface area contributed by atoms with Gasteiger partial charge in [0.15, 0.2) is 0 Å². The lowest BCUT2D eigenvalue weighted by Crippen LogP contribution is -2.28. The average Bonchev–Trinajstić information content (AvgIpc) is 1.82. The molecule has 2 heteroatoms. The van der Waals surface area contributed by atoms with E-state index in [0.717, 1.165) is 19.1 Å². The largest absolute Gasteiger partial charge is 0.303 e. The highest BCUT2D eigenvalue weighted by Crippen LogP contribution is 2.37. The molecule has 11 heavy (non-hydrogen) atoms. The summed E-state index contributed by atoms with van der Waals surface area (Å²) in [7, 11) is 0. The molecule has 64 valence electrons. The van der Waals surface area contributed by atoms with Crippen molar-refractivity contribution in [2.75, 3.05) is 0 Å². The molecule has 1 saturated carbocycles. The van der Waals surface area contributed by atoms with Crippen LogP contribution in [0.3, 0.4) is 0 Å². The van der Waals surface area contributed by atoms with E-state index < -0.39 is 6.17 Å². The number of hydrogen-bond acceptors (Lipinski definition) is 1. The van der Waals surface area contributed by atoms with Crippen LogP contribution in [0.15, 0.2) is 0 Å². The minimum atomic E-state index is -0.814. The first-order valence-corrected chi connectivity index (χ1v) is 4.33. The lowest BCUT2D eigenvalue weighted by molar-refractivity contribution is -0.109. The molecule has 0 saturated heterocycles. The maximum atomic E-state index is 12.9. The Labute approximate surface area is 67.0 Å². The second-order valence-corrected chi connectivity index (χ2v) is 3.43. The summed E-state index contributed by atoms with van der Waals surface area (Å²) in [5.74, 6) is 0.487. The summed E-state index contributed by atoms with van der Waals surface area (Å²) in [5, 5.41) is 0. The predicted molar refractivity (Wildman–Crippen MR) is 42.1 cm³/mol. The number of carbonyl (C=O) groups is 1. The van der Waals surface area contributed by atoms with E-state index in [1.165, 1.54) is 6.42 Å². The summed E-state index contributed by atoms with van der Waals surface area (Å²) < 4.78 is 12.9. The summed E-state index contributed by atoms with van der Waals surface area (Å²) in [4.78, 5) is 10.2. The van der Waals surface area contributed by atoms with Crippen molar-refractivity contribution in [2.45, 2.75) is 38.8 Å². The predicted octanol–water partition coefficient (Wildman–Crippen LogP) is 2.35. The van der Waals surface area contributed by atoms with Crippen molar-refractivity contribution in [1.29, 1.82) is 0 Å². The van der Waals surface area contributed by atoms with Gasteiger partial charge in [-0.1, -0.05) is 19.3 Å². The Kier molecular flexibility index (Phi) is 3.03. The molecule has 1 rings (SSSR count). The Hall–Kier alpha value is -0.400. The van der Waals surface area contributed by atoms with Crippen molar-refractivity contribution in [2.24, 2.45) is 11.8 Å². The van der Waals surface area contributed by atoms with E-state index in [0.29, 0.717) is 12.3 Å². The zero-order valence-electron chi connectivity index (χ0n) is 6.92. The summed E-state index contributed by atoms with van der Waals surface area (Å²) in [6.45, 7) is 1.56. The summed E-state index contributed by atoms with van der Waals surface area (Å²) >= 11 is 0. The van der Waals surface area contributed by atoms with Gasteiger partial charge in [-0.3, -0.25) is 0 Å². The van der Waals surface area contributed by atoms with E-state index in [2.05, 4.69) is 0 Å². The van der Waals surface area contributed by atoms with Crippen molar-refractivity contribution in [3.05, 3.63) is 0 Å². The van der Waals surface area contributed by atoms with Gasteiger partial charge >= 0.3 is 0 Å². The van der Waals surface area contributed by atoms with Crippen LogP contribution < -0.4 is 0 Å². The van der Waals surface area contributed by atoms with E-state index in [1.807, 2.05) is 0 Å². The molecule has 0 heterocycles. The van der Waals surface area contributed by atoms with Crippen LogP contribution in [0, 0.1) is 11.8 Å². The smallest absolute Gasteiger partial charge is 0.120 e. The van der Waals surface area contributed by atoms with Gasteiger partial charge in [0.2, 0.25) is 0 Å². The van der Waals surface area contributed by atoms with Gasteiger partial charge in [0.25, 0.3) is 0 Å². The molecule has 0 spiro atoms. The average molecular weight is 158 g/mol. The Morgan fingerprint density at radius 1 is 1.64 bits per heavy atom. The van der Waals surface area contributed by atoms with Gasteiger partial charge in [0, 0.05) is 6.42 Å². The lowest BCUT2D eigenvalue weighted by Gasteiger charge is -2.33. The molecule has 1 fully saturated rings. The van der Waals surface area contributed by atoms with Crippen LogP contribution in [0.5, 0.6) is 0 Å². The highest BCUT2D eigenvalue weighted by atomic mass is 19.1. The van der Waals surface area contributed by atoms with Crippen LogP contribution in [0.1, 0.15) is 32.6 Å². The Bertz CT molecular complexity index is 130. The summed E-state index contributed by atoms with van der Waals surface area (Å²) in [6, 6.07) is 0. The first-order valence-electron chi connectivity index (χ1n) is 4.33. The number of halogens is 1. The molecule has 0 amide bonds. The molecule has 0 bridgehead atoms. The van der Waals surface area contributed by atoms with Crippen molar-refractivity contribution < 1.29 is 9.18 Å². The van der Waals surface area contributed by atoms with Crippen LogP contribution in [-0.2, 0) is 4.79 Å². The van der Waals surface area contributed by atoms with Gasteiger partial charge in [-0.15, -0.1) is 0 Å². The molecular weight excluding hydrogens is 143 g/mol. The number of alkyl halides is 1. The van der Waals surface area contributed by atoms with E-state index in [9.17, 15) is 9.18 Å². The fourth-order valence-electron chi connectivity index (χ4n) is 1.73. The maximum absolute atomic E-state index is 12.9. The fourth-order valence-corrected chi connectivity index (χ4v) is 1.73. The maximum Gasteiger partial charge on any atom is 0.120 e. The van der Waals surface area contributed by atoms with Gasteiger partial charge < -0.3 is 4.79 Å². The van der Waals surface area contributed by atoms with Crippen molar-refractivity contribution in [3.8, 4) is 0 Å². The molecule has 0 radical (unpaired) electrons. The van der Waals surface area contributed by atoms with Gasteiger partial charge in [-0.25, -0.2) is 4.39 Å². The van der Waals surface area contributed by atoms with Crippen LogP contribution in [0.2, 0.25) is 0 Å². The third-order valence-corrected chi connectivity index (χ3v) is 2.71. The van der Waals surface area contributed by atoms with Crippen molar-refractivity contribution in [3.63, 3.8) is 0 Å². The monoisotopic (exact) mass is 158 g/mol. The van der Waals surface area contributed by atoms with E-state index in [4.69, 9.17) is 0 Å². The molecular formula is C9H15FO. The van der Waals surface area contributed by atoms with Crippen LogP contribution in [0.25, 0.3) is 0 Å². The molecule has 0 aromatic heterocycles. The second kappa shape index (κ2) is 3.84. The van der Waals surface area contributed by atoms with Gasteiger partial charge in [-0.05, 0) is 18.8 Å². The zero-order chi connectivity index (χ0) is 8.27. The Balaban J connectivity index is 2.37. The van der Waals surface area contributed by atoms with Gasteiger partial charge in [0.1, 0.15) is 12.5 Å². The molecule has 1 aliphatic carbocycles. The SMILES string of the molecule is CC(F)C(CC=O)C1CCC1. The van der Waals surface area contributed by atoms with Crippen LogP contribution in [0.4, 0.5) is 4.39 Å². The lowest BCUT2D eigenvalue weighted by atomic mass is 9.73. The third kappa shape index (κ3) is 2.01. The molecule has 1 aliphatic rings. The van der Waals surface area contributed by atoms with Gasteiger partial charge in [-0.2, -0.15) is 0 Å². The molecule has 2 unspecified atom stereocenters. The highest BCUT2D eigenvalue weighted by molar-refractivity contribution is 5.50. The van der Waals surface area contributed by atoms with Crippen LogP contribution >= 0.6 is 0 Å². The Morgan fingerprint density at radius 3 is 2.55 bits per heavy atom. The third-order valence-electron chi connectivity index (χ3n) is 2.71. The van der Waals surface area contributed by atoms with Crippen molar-refractivity contribution >= 4 is 6.29 Å². The van der Waals surface area contributed by atoms with Gasteiger partial charge in [0.05, 0.1) is 0 Å². The Morgan fingerprint density at radius 2 is 2.27 bits per heavy atom. The zero-order valence-corrected chi connectivity index (χ0v) is 6.92. The van der Waals surface area contributed by atoms with E-state index in [-0.39, 0.29) is 5.92 Å². The number of hydrogen-bond donors (Lipinski definition) is 0. The second-order valence-electron chi connectivity index (χ2n) is 3.43. The minimum Gasteiger partial charge on any atom is -0.303 e. The topological polar surface area (TPSA) is 17.1 Å². The summed E-state index contributed by atoms with van der Waals surface area (Å²) in [5.41, 5.74) is 0. The first kappa shape index (κ1) is 8.69. The standard InChI is InChI=1S/C9H15FO/c1-7(10)9(5-6-11)8-3-2-4-8/h6-9H,2-5H2,1H3. The van der Waals surface area contributed by atoms with E-state index >= 15 is 0 Å². The number of rotatable bonds is 4. The molecule has 0 aliphatic heterocycles. The highest BCUT2D eigenvalue weighted by Gasteiger charge is 2.30. The quantitative estimate of drug-likeness (QED) is 0.574.